The Morgan fingerprint density at radius 2 is 1.82 bits per heavy atom. The summed E-state index contributed by atoms with van der Waals surface area (Å²) in [5.41, 5.74) is 4.73. The highest BCUT2D eigenvalue weighted by Gasteiger charge is 2.24. The molecule has 0 aromatic rings. The van der Waals surface area contributed by atoms with Crippen LogP contribution < -0.4 is 5.73 Å². The first-order valence-corrected chi connectivity index (χ1v) is 5.92. The van der Waals surface area contributed by atoms with Crippen molar-refractivity contribution in [3.8, 4) is 0 Å². The highest BCUT2D eigenvalue weighted by molar-refractivity contribution is 5.81. The molecule has 0 aromatic carbocycles. The minimum absolute atomic E-state index is 0.229. The van der Waals surface area contributed by atoms with Gasteiger partial charge in [0.05, 0.1) is 12.2 Å². The third-order valence-corrected chi connectivity index (χ3v) is 2.49. The second-order valence-corrected chi connectivity index (χ2v) is 5.28. The number of hydrogen-bond donors (Lipinski definition) is 1. The summed E-state index contributed by atoms with van der Waals surface area (Å²) in [6, 6.07) is 0. The Morgan fingerprint density at radius 3 is 2.29 bits per heavy atom. The van der Waals surface area contributed by atoms with Gasteiger partial charge < -0.3 is 15.2 Å². The van der Waals surface area contributed by atoms with Crippen molar-refractivity contribution >= 4 is 5.97 Å². The topological polar surface area (TPSA) is 61.5 Å². The Hall–Kier alpha value is -0.870. The van der Waals surface area contributed by atoms with Crippen molar-refractivity contribution in [1.82, 2.24) is 0 Å². The first-order chi connectivity index (χ1) is 7.72. The summed E-state index contributed by atoms with van der Waals surface area (Å²) in [5, 5.41) is 0. The Bertz CT molecular complexity index is 259. The predicted octanol–water partition coefficient (Wildman–Crippen LogP) is 2.03. The van der Waals surface area contributed by atoms with Gasteiger partial charge in [0.1, 0.15) is 5.60 Å². The molecular formula is C13H25NO3. The summed E-state index contributed by atoms with van der Waals surface area (Å²) in [6.45, 7) is 12.2. The van der Waals surface area contributed by atoms with Gasteiger partial charge in [-0.25, -0.2) is 4.79 Å². The monoisotopic (exact) mass is 243 g/mol. The van der Waals surface area contributed by atoms with Crippen LogP contribution in [0.3, 0.4) is 0 Å². The van der Waals surface area contributed by atoms with Crippen molar-refractivity contribution in [3.63, 3.8) is 0 Å². The van der Waals surface area contributed by atoms with Crippen molar-refractivity contribution in [1.29, 1.82) is 0 Å². The van der Waals surface area contributed by atoms with E-state index in [1.165, 1.54) is 6.08 Å². The van der Waals surface area contributed by atoms with E-state index >= 15 is 0 Å². The number of nitrogens with two attached hydrogens (primary N) is 1. The van der Waals surface area contributed by atoms with E-state index in [1.54, 1.807) is 0 Å². The van der Waals surface area contributed by atoms with E-state index in [2.05, 4.69) is 6.58 Å². The highest BCUT2D eigenvalue weighted by Crippen LogP contribution is 2.19. The maximum atomic E-state index is 11.1. The van der Waals surface area contributed by atoms with Gasteiger partial charge >= 0.3 is 5.97 Å². The largest absolute Gasteiger partial charge is 0.456 e. The lowest BCUT2D eigenvalue weighted by Gasteiger charge is -2.29. The average molecular weight is 243 g/mol. The van der Waals surface area contributed by atoms with E-state index in [-0.39, 0.29) is 5.60 Å². The van der Waals surface area contributed by atoms with Crippen LogP contribution in [0.15, 0.2) is 12.7 Å². The lowest BCUT2D eigenvalue weighted by Crippen LogP contribution is -2.33. The molecule has 0 rings (SSSR count). The van der Waals surface area contributed by atoms with Crippen LogP contribution in [-0.2, 0) is 14.3 Å². The predicted molar refractivity (Wildman–Crippen MR) is 68.7 cm³/mol. The summed E-state index contributed by atoms with van der Waals surface area (Å²) in [5.74, 6) is -0.406. The van der Waals surface area contributed by atoms with Crippen LogP contribution in [0.4, 0.5) is 0 Å². The van der Waals surface area contributed by atoms with E-state index < -0.39 is 11.6 Å². The molecule has 0 unspecified atom stereocenters. The molecule has 100 valence electrons. The zero-order valence-corrected chi connectivity index (χ0v) is 11.4. The third kappa shape index (κ3) is 7.94. The second kappa shape index (κ2) is 6.77. The number of rotatable bonds is 8. The molecule has 4 heteroatoms. The van der Waals surface area contributed by atoms with Gasteiger partial charge in [-0.2, -0.15) is 0 Å². The molecule has 0 radical (unpaired) electrons. The summed E-state index contributed by atoms with van der Waals surface area (Å²) >= 11 is 0. The van der Waals surface area contributed by atoms with E-state index in [9.17, 15) is 4.79 Å². The van der Waals surface area contributed by atoms with Crippen LogP contribution in [0.1, 0.15) is 40.5 Å². The van der Waals surface area contributed by atoms with Gasteiger partial charge in [0.2, 0.25) is 0 Å². The van der Waals surface area contributed by atoms with Crippen LogP contribution in [0.2, 0.25) is 0 Å². The van der Waals surface area contributed by atoms with Gasteiger partial charge in [-0.05, 0) is 40.7 Å². The standard InChI is InChI=1S/C13H25NO3/c1-6-11(15)17-13(4,5)8-10-16-12(2,3)7-9-14/h6H,1,7-10,14H2,2-5H3. The fourth-order valence-electron chi connectivity index (χ4n) is 1.36. The molecule has 0 spiro atoms. The number of carbonyl (C=O) groups is 1. The minimum atomic E-state index is -0.538. The molecule has 0 aliphatic rings. The van der Waals surface area contributed by atoms with Gasteiger partial charge in [0.25, 0.3) is 0 Å². The number of carbonyl (C=O) groups excluding carboxylic acids is 1. The Balaban J connectivity index is 4.02. The Kier molecular flexibility index (Phi) is 6.42. The summed E-state index contributed by atoms with van der Waals surface area (Å²) in [6.07, 6.45) is 2.61. The van der Waals surface area contributed by atoms with Crippen molar-refractivity contribution in [2.45, 2.75) is 51.7 Å². The van der Waals surface area contributed by atoms with Crippen LogP contribution in [0.5, 0.6) is 0 Å². The fourth-order valence-corrected chi connectivity index (χ4v) is 1.36. The maximum absolute atomic E-state index is 11.1. The van der Waals surface area contributed by atoms with Crippen molar-refractivity contribution in [2.75, 3.05) is 13.2 Å². The lowest BCUT2D eigenvalue weighted by molar-refractivity contribution is -0.152. The van der Waals surface area contributed by atoms with Gasteiger partial charge in [0.15, 0.2) is 0 Å². The normalized spacial score (nSPS) is 12.3. The van der Waals surface area contributed by atoms with Gasteiger partial charge in [-0.1, -0.05) is 6.58 Å². The molecule has 0 aliphatic carbocycles. The van der Waals surface area contributed by atoms with Gasteiger partial charge in [-0.3, -0.25) is 0 Å². The van der Waals surface area contributed by atoms with E-state index in [0.717, 1.165) is 6.42 Å². The van der Waals surface area contributed by atoms with E-state index in [1.807, 2.05) is 27.7 Å². The number of hydrogen-bond acceptors (Lipinski definition) is 4. The number of esters is 1. The van der Waals surface area contributed by atoms with Gasteiger partial charge in [-0.15, -0.1) is 0 Å². The molecule has 0 aliphatic heterocycles. The first kappa shape index (κ1) is 16.1. The smallest absolute Gasteiger partial charge is 0.330 e. The molecule has 17 heavy (non-hydrogen) atoms. The summed E-state index contributed by atoms with van der Waals surface area (Å²) in [4.78, 5) is 11.1. The number of ether oxygens (including phenoxy) is 2. The fraction of sp³-hybridized carbons (Fsp3) is 0.769. The molecule has 0 saturated heterocycles. The first-order valence-electron chi connectivity index (χ1n) is 5.92. The zero-order chi connectivity index (χ0) is 13.5. The minimum Gasteiger partial charge on any atom is -0.456 e. The molecule has 4 nitrogen and oxygen atoms in total. The summed E-state index contributed by atoms with van der Waals surface area (Å²) < 4.78 is 10.9. The lowest BCUT2D eigenvalue weighted by atomic mass is 10.0. The Labute approximate surface area is 104 Å². The van der Waals surface area contributed by atoms with Crippen LogP contribution in [-0.4, -0.2) is 30.3 Å². The molecule has 0 atom stereocenters. The molecular weight excluding hydrogens is 218 g/mol. The second-order valence-electron chi connectivity index (χ2n) is 5.28. The molecule has 0 fully saturated rings. The van der Waals surface area contributed by atoms with Crippen LogP contribution in [0.25, 0.3) is 0 Å². The molecule has 0 heterocycles. The van der Waals surface area contributed by atoms with E-state index in [4.69, 9.17) is 15.2 Å². The van der Waals surface area contributed by atoms with Crippen molar-refractivity contribution < 1.29 is 14.3 Å². The van der Waals surface area contributed by atoms with Crippen LogP contribution >= 0.6 is 0 Å². The molecule has 0 bridgehead atoms. The highest BCUT2D eigenvalue weighted by atomic mass is 16.6. The SMILES string of the molecule is C=CC(=O)OC(C)(C)CCOC(C)(C)CCN. The molecule has 0 aromatic heterocycles. The molecule has 0 saturated carbocycles. The van der Waals surface area contributed by atoms with E-state index in [0.29, 0.717) is 19.6 Å². The summed E-state index contributed by atoms with van der Waals surface area (Å²) in [7, 11) is 0. The Morgan fingerprint density at radius 1 is 1.24 bits per heavy atom. The van der Waals surface area contributed by atoms with Gasteiger partial charge in [0, 0.05) is 12.5 Å². The quantitative estimate of drug-likeness (QED) is 0.523. The molecule has 2 N–H and O–H groups in total. The van der Waals surface area contributed by atoms with Crippen molar-refractivity contribution in [2.24, 2.45) is 5.73 Å². The average Bonchev–Trinajstić information content (AvgIpc) is 2.15. The molecule has 0 amide bonds. The third-order valence-electron chi connectivity index (χ3n) is 2.49. The zero-order valence-electron chi connectivity index (χ0n) is 11.4. The van der Waals surface area contributed by atoms with Crippen LogP contribution in [0, 0.1) is 0 Å². The maximum Gasteiger partial charge on any atom is 0.330 e. The van der Waals surface area contributed by atoms with Crippen molar-refractivity contribution in [3.05, 3.63) is 12.7 Å².